The number of benzene rings is 3. The molecule has 8 heteroatoms. The van der Waals surface area contributed by atoms with E-state index in [0.29, 0.717) is 40.4 Å². The highest BCUT2D eigenvalue weighted by Crippen LogP contribution is 2.29. The molecule has 3 aromatic carbocycles. The van der Waals surface area contributed by atoms with E-state index in [9.17, 15) is 9.59 Å². The number of rotatable bonds is 7. The fourth-order valence-corrected chi connectivity index (χ4v) is 4.58. The molecule has 1 aromatic heterocycles. The number of methoxy groups -OCH3 is 1. The summed E-state index contributed by atoms with van der Waals surface area (Å²) < 4.78 is 8.14. The zero-order valence-electron chi connectivity index (χ0n) is 21.7. The van der Waals surface area contributed by atoms with E-state index in [1.165, 1.54) is 0 Å². The van der Waals surface area contributed by atoms with E-state index in [4.69, 9.17) is 9.72 Å². The number of hydrogen-bond acceptors (Lipinski definition) is 4. The van der Waals surface area contributed by atoms with Crippen molar-refractivity contribution in [2.75, 3.05) is 19.0 Å². The van der Waals surface area contributed by atoms with Crippen molar-refractivity contribution in [2.45, 2.75) is 33.7 Å². The third-order valence-electron chi connectivity index (χ3n) is 6.14. The zero-order valence-corrected chi connectivity index (χ0v) is 23.2. The molecule has 1 unspecified atom stereocenters. The fraction of sp³-hybridized carbons (Fsp3) is 0.276. The van der Waals surface area contributed by atoms with Gasteiger partial charge in [-0.05, 0) is 73.9 Å². The minimum atomic E-state index is -0.527. The molecule has 1 N–H and O–H groups in total. The van der Waals surface area contributed by atoms with Gasteiger partial charge >= 0.3 is 6.03 Å². The molecule has 4 rings (SSSR count). The number of fused-ring (bicyclic) bond motifs is 1. The highest BCUT2D eigenvalue weighted by molar-refractivity contribution is 9.10. The van der Waals surface area contributed by atoms with Crippen LogP contribution in [-0.2, 0) is 0 Å². The summed E-state index contributed by atoms with van der Waals surface area (Å²) in [5.41, 5.74) is 2.61. The number of carbonyl (C=O) groups is 1. The van der Waals surface area contributed by atoms with E-state index in [-0.39, 0.29) is 17.5 Å². The van der Waals surface area contributed by atoms with Crippen molar-refractivity contribution in [1.29, 1.82) is 0 Å². The van der Waals surface area contributed by atoms with Gasteiger partial charge in [-0.1, -0.05) is 48.0 Å². The van der Waals surface area contributed by atoms with Crippen molar-refractivity contribution in [1.82, 2.24) is 14.5 Å². The number of ether oxygens (including phenoxy) is 1. The first-order valence-corrected chi connectivity index (χ1v) is 13.0. The quantitative estimate of drug-likeness (QED) is 0.271. The lowest BCUT2D eigenvalue weighted by atomic mass is 10.1. The van der Waals surface area contributed by atoms with Crippen molar-refractivity contribution in [3.63, 3.8) is 0 Å². The van der Waals surface area contributed by atoms with Gasteiger partial charge in [0.1, 0.15) is 11.6 Å². The van der Waals surface area contributed by atoms with Crippen LogP contribution in [0.15, 0.2) is 76.0 Å². The van der Waals surface area contributed by atoms with Crippen LogP contribution in [0, 0.1) is 12.8 Å². The predicted molar refractivity (Wildman–Crippen MR) is 152 cm³/mol. The minimum Gasteiger partial charge on any atom is -0.495 e. The van der Waals surface area contributed by atoms with Gasteiger partial charge in [0.05, 0.1) is 29.7 Å². The fourth-order valence-electron chi connectivity index (χ4n) is 4.32. The standard InChI is InChI=1S/C29H31BrN4O3/c1-18(2)17-33(29(36)31-22-13-11-21(30)12-14-22)20(4)27-32-24-9-7-6-8-23(24)28(35)34(27)25-16-19(3)10-15-26(25)37-5/h6-16,18,20H,17H2,1-5H3,(H,31,36). The maximum absolute atomic E-state index is 13.9. The summed E-state index contributed by atoms with van der Waals surface area (Å²) in [7, 11) is 1.58. The molecule has 37 heavy (non-hydrogen) atoms. The van der Waals surface area contributed by atoms with Gasteiger partial charge in [-0.2, -0.15) is 0 Å². The molecule has 7 nitrogen and oxygen atoms in total. The number of amides is 2. The summed E-state index contributed by atoms with van der Waals surface area (Å²) in [4.78, 5) is 34.2. The van der Waals surface area contributed by atoms with Crippen LogP contribution in [0.1, 0.15) is 38.2 Å². The Hall–Kier alpha value is -3.65. The Morgan fingerprint density at radius 2 is 1.78 bits per heavy atom. The van der Waals surface area contributed by atoms with Crippen molar-refractivity contribution in [2.24, 2.45) is 5.92 Å². The third-order valence-corrected chi connectivity index (χ3v) is 6.66. The SMILES string of the molecule is COc1ccc(C)cc1-n1c(C(C)N(CC(C)C)C(=O)Nc2ccc(Br)cc2)nc2ccccc2c1=O. The monoisotopic (exact) mass is 562 g/mol. The minimum absolute atomic E-state index is 0.187. The Balaban J connectivity index is 1.89. The van der Waals surface area contributed by atoms with Crippen LogP contribution in [0.2, 0.25) is 0 Å². The van der Waals surface area contributed by atoms with Crippen LogP contribution >= 0.6 is 15.9 Å². The summed E-state index contributed by atoms with van der Waals surface area (Å²) in [5.74, 6) is 1.19. The van der Waals surface area contributed by atoms with E-state index in [1.54, 1.807) is 22.6 Å². The van der Waals surface area contributed by atoms with Crippen LogP contribution < -0.4 is 15.6 Å². The number of urea groups is 1. The summed E-state index contributed by atoms with van der Waals surface area (Å²) in [6.07, 6.45) is 0. The average molecular weight is 563 g/mol. The Morgan fingerprint density at radius 3 is 2.46 bits per heavy atom. The third kappa shape index (κ3) is 5.69. The molecule has 0 radical (unpaired) electrons. The molecular weight excluding hydrogens is 532 g/mol. The molecule has 4 aromatic rings. The lowest BCUT2D eigenvalue weighted by Gasteiger charge is -2.32. The molecule has 0 fully saturated rings. The predicted octanol–water partition coefficient (Wildman–Crippen LogP) is 6.72. The summed E-state index contributed by atoms with van der Waals surface area (Å²) in [6.45, 7) is 8.44. The normalized spacial score (nSPS) is 12.0. The first-order chi connectivity index (χ1) is 17.7. The molecule has 0 aliphatic rings. The zero-order chi connectivity index (χ0) is 26.7. The van der Waals surface area contributed by atoms with Crippen molar-refractivity contribution >= 4 is 38.6 Å². The molecule has 1 atom stereocenters. The number of aromatic nitrogens is 2. The largest absolute Gasteiger partial charge is 0.495 e. The van der Waals surface area contributed by atoms with E-state index in [0.717, 1.165) is 10.0 Å². The van der Waals surface area contributed by atoms with Crippen LogP contribution in [0.3, 0.4) is 0 Å². The lowest BCUT2D eigenvalue weighted by Crippen LogP contribution is -2.41. The highest BCUT2D eigenvalue weighted by atomic mass is 79.9. The molecule has 0 bridgehead atoms. The molecule has 0 aliphatic carbocycles. The Kier molecular flexibility index (Phi) is 7.97. The lowest BCUT2D eigenvalue weighted by molar-refractivity contribution is 0.179. The van der Waals surface area contributed by atoms with Gasteiger partial charge in [0.2, 0.25) is 0 Å². The second-order valence-electron chi connectivity index (χ2n) is 9.46. The second kappa shape index (κ2) is 11.2. The van der Waals surface area contributed by atoms with Crippen molar-refractivity contribution in [3.8, 4) is 11.4 Å². The van der Waals surface area contributed by atoms with Crippen molar-refractivity contribution < 1.29 is 9.53 Å². The number of nitrogens with zero attached hydrogens (tertiary/aromatic N) is 3. The first-order valence-electron chi connectivity index (χ1n) is 12.2. The molecule has 0 saturated heterocycles. The van der Waals surface area contributed by atoms with Gasteiger partial charge in [0.15, 0.2) is 0 Å². The van der Waals surface area contributed by atoms with E-state index in [2.05, 4.69) is 35.1 Å². The number of para-hydroxylation sites is 1. The van der Waals surface area contributed by atoms with Crippen LogP contribution in [0.5, 0.6) is 5.75 Å². The number of halogens is 1. The van der Waals surface area contributed by atoms with Gasteiger partial charge in [-0.3, -0.25) is 9.36 Å². The summed E-state index contributed by atoms with van der Waals surface area (Å²) in [5, 5.41) is 3.49. The van der Waals surface area contributed by atoms with E-state index >= 15 is 0 Å². The van der Waals surface area contributed by atoms with Crippen LogP contribution in [0.4, 0.5) is 10.5 Å². The van der Waals surface area contributed by atoms with Crippen LogP contribution in [0.25, 0.3) is 16.6 Å². The van der Waals surface area contributed by atoms with Gasteiger partial charge < -0.3 is 15.0 Å². The smallest absolute Gasteiger partial charge is 0.322 e. The van der Waals surface area contributed by atoms with Crippen molar-refractivity contribution in [3.05, 3.63) is 92.9 Å². The molecule has 2 amide bonds. The number of anilines is 1. The van der Waals surface area contributed by atoms with Crippen LogP contribution in [-0.4, -0.2) is 34.1 Å². The average Bonchev–Trinajstić information content (AvgIpc) is 2.88. The Bertz CT molecular complexity index is 1480. The molecule has 0 spiro atoms. The number of hydrogen-bond donors (Lipinski definition) is 1. The number of aryl methyl sites for hydroxylation is 1. The molecule has 0 aliphatic heterocycles. The molecule has 1 heterocycles. The Labute approximate surface area is 225 Å². The number of nitrogens with one attached hydrogen (secondary N) is 1. The molecular formula is C29H31BrN4O3. The van der Waals surface area contributed by atoms with E-state index in [1.807, 2.05) is 74.5 Å². The van der Waals surface area contributed by atoms with Gasteiger partial charge in [0.25, 0.3) is 5.56 Å². The van der Waals surface area contributed by atoms with Gasteiger partial charge in [-0.25, -0.2) is 9.78 Å². The van der Waals surface area contributed by atoms with Gasteiger partial charge in [0, 0.05) is 16.7 Å². The van der Waals surface area contributed by atoms with E-state index < -0.39 is 6.04 Å². The molecule has 192 valence electrons. The maximum Gasteiger partial charge on any atom is 0.322 e. The van der Waals surface area contributed by atoms with Gasteiger partial charge in [-0.15, -0.1) is 0 Å². The highest BCUT2D eigenvalue weighted by Gasteiger charge is 2.28. The second-order valence-corrected chi connectivity index (χ2v) is 10.4. The summed E-state index contributed by atoms with van der Waals surface area (Å²) >= 11 is 3.43. The maximum atomic E-state index is 13.9. The Morgan fingerprint density at radius 1 is 1.08 bits per heavy atom. The topological polar surface area (TPSA) is 76.5 Å². The summed E-state index contributed by atoms with van der Waals surface area (Å²) in [6, 6.07) is 19.6. The molecule has 0 saturated carbocycles. The first kappa shape index (κ1) is 26.4. The number of carbonyl (C=O) groups excluding carboxylic acids is 1.